The Balaban J connectivity index is 2.89. The maximum absolute atomic E-state index is 11.6. The molecule has 6 heteroatoms. The number of pyridine rings is 1. The van der Waals surface area contributed by atoms with Gasteiger partial charge >= 0.3 is 6.03 Å². The maximum atomic E-state index is 11.6. The normalized spacial score (nSPS) is 8.94. The zero-order chi connectivity index (χ0) is 12.0. The van der Waals surface area contributed by atoms with E-state index in [0.717, 1.165) is 4.90 Å². The molecule has 1 heterocycles. The second kappa shape index (κ2) is 5.36. The lowest BCUT2D eigenvalue weighted by Crippen LogP contribution is -2.47. The van der Waals surface area contributed by atoms with Crippen molar-refractivity contribution in [2.45, 2.75) is 0 Å². The van der Waals surface area contributed by atoms with Crippen LogP contribution in [0.1, 0.15) is 0 Å². The van der Waals surface area contributed by atoms with Crippen LogP contribution in [-0.2, 0) is 0 Å². The molecule has 0 aliphatic heterocycles. The molecule has 1 aromatic heterocycles. The van der Waals surface area contributed by atoms with E-state index in [1.807, 2.05) is 0 Å². The standard InChI is InChI=1S/C10H11N5O/c1-2-5-14-10(16)15(9(11)12)8-4-3-6-13-7-8/h1,3-4,6-7H,5H2,(H3,11,12)(H,14,16). The molecule has 0 bridgehead atoms. The zero-order valence-electron chi connectivity index (χ0n) is 8.47. The number of carbonyl (C=O) groups is 1. The minimum Gasteiger partial charge on any atom is -0.369 e. The monoisotopic (exact) mass is 217 g/mol. The van der Waals surface area contributed by atoms with Crippen LogP contribution in [0.4, 0.5) is 10.5 Å². The summed E-state index contributed by atoms with van der Waals surface area (Å²) < 4.78 is 0. The summed E-state index contributed by atoms with van der Waals surface area (Å²) in [5.74, 6) is 1.86. The van der Waals surface area contributed by atoms with Gasteiger partial charge in [-0.1, -0.05) is 5.92 Å². The third kappa shape index (κ3) is 2.72. The van der Waals surface area contributed by atoms with Gasteiger partial charge in [-0.25, -0.2) is 9.69 Å². The van der Waals surface area contributed by atoms with Crippen molar-refractivity contribution in [3.8, 4) is 12.3 Å². The zero-order valence-corrected chi connectivity index (χ0v) is 8.47. The number of rotatable bonds is 2. The van der Waals surface area contributed by atoms with Crippen molar-refractivity contribution >= 4 is 17.7 Å². The molecule has 0 aliphatic rings. The van der Waals surface area contributed by atoms with Gasteiger partial charge in [0.1, 0.15) is 0 Å². The van der Waals surface area contributed by atoms with E-state index in [0.29, 0.717) is 5.69 Å². The summed E-state index contributed by atoms with van der Waals surface area (Å²) in [6, 6.07) is 2.70. The van der Waals surface area contributed by atoms with Crippen LogP contribution in [0.3, 0.4) is 0 Å². The van der Waals surface area contributed by atoms with Crippen LogP contribution in [0.5, 0.6) is 0 Å². The molecule has 2 amide bonds. The van der Waals surface area contributed by atoms with Crippen LogP contribution in [0, 0.1) is 17.8 Å². The number of anilines is 1. The van der Waals surface area contributed by atoms with E-state index in [9.17, 15) is 4.79 Å². The number of hydrogen-bond donors (Lipinski definition) is 3. The van der Waals surface area contributed by atoms with Crippen LogP contribution in [0.25, 0.3) is 0 Å². The molecule has 0 aliphatic carbocycles. The number of terminal acetylenes is 1. The summed E-state index contributed by atoms with van der Waals surface area (Å²) in [6.07, 6.45) is 8.00. The predicted molar refractivity (Wildman–Crippen MR) is 60.9 cm³/mol. The van der Waals surface area contributed by atoms with Gasteiger partial charge in [0, 0.05) is 6.20 Å². The molecular weight excluding hydrogens is 206 g/mol. The van der Waals surface area contributed by atoms with Crippen molar-refractivity contribution in [2.24, 2.45) is 5.73 Å². The molecular formula is C10H11N5O. The molecule has 0 fully saturated rings. The first-order chi connectivity index (χ1) is 7.66. The van der Waals surface area contributed by atoms with Crippen molar-refractivity contribution in [1.29, 1.82) is 5.41 Å². The summed E-state index contributed by atoms with van der Waals surface area (Å²) in [5, 5.41) is 9.73. The highest BCUT2D eigenvalue weighted by atomic mass is 16.2. The minimum absolute atomic E-state index is 0.0723. The number of nitrogens with one attached hydrogen (secondary N) is 2. The number of carbonyl (C=O) groups excluding carboxylic acids is 1. The Morgan fingerprint density at radius 3 is 3.00 bits per heavy atom. The Bertz CT molecular complexity index is 423. The average Bonchev–Trinajstić information content (AvgIpc) is 2.27. The van der Waals surface area contributed by atoms with Crippen molar-refractivity contribution in [1.82, 2.24) is 10.3 Å². The average molecular weight is 217 g/mol. The summed E-state index contributed by atoms with van der Waals surface area (Å²) >= 11 is 0. The highest BCUT2D eigenvalue weighted by molar-refractivity contribution is 6.13. The molecule has 82 valence electrons. The highest BCUT2D eigenvalue weighted by Crippen LogP contribution is 2.10. The fourth-order valence-corrected chi connectivity index (χ4v) is 1.06. The van der Waals surface area contributed by atoms with Crippen LogP contribution in [-0.4, -0.2) is 23.5 Å². The van der Waals surface area contributed by atoms with E-state index >= 15 is 0 Å². The number of aromatic nitrogens is 1. The van der Waals surface area contributed by atoms with E-state index in [4.69, 9.17) is 17.6 Å². The van der Waals surface area contributed by atoms with Gasteiger partial charge in [-0.05, 0) is 12.1 Å². The van der Waals surface area contributed by atoms with Gasteiger partial charge in [0.2, 0.25) is 5.96 Å². The van der Waals surface area contributed by atoms with E-state index in [-0.39, 0.29) is 6.54 Å². The second-order valence-corrected chi connectivity index (χ2v) is 2.79. The van der Waals surface area contributed by atoms with Gasteiger partial charge < -0.3 is 11.1 Å². The third-order valence-corrected chi connectivity index (χ3v) is 1.69. The number of nitrogens with zero attached hydrogens (tertiary/aromatic N) is 2. The molecule has 0 saturated carbocycles. The molecule has 4 N–H and O–H groups in total. The Hall–Kier alpha value is -2.55. The molecule has 1 aromatic rings. The largest absolute Gasteiger partial charge is 0.369 e. The summed E-state index contributed by atoms with van der Waals surface area (Å²) in [4.78, 5) is 16.4. The van der Waals surface area contributed by atoms with E-state index in [2.05, 4.69) is 16.2 Å². The van der Waals surface area contributed by atoms with Gasteiger partial charge in [0.15, 0.2) is 0 Å². The molecule has 0 spiro atoms. The molecule has 6 nitrogen and oxygen atoms in total. The Labute approximate surface area is 93.0 Å². The molecule has 0 atom stereocenters. The first kappa shape index (κ1) is 11.5. The molecule has 16 heavy (non-hydrogen) atoms. The van der Waals surface area contributed by atoms with Gasteiger partial charge in [0.25, 0.3) is 0 Å². The van der Waals surface area contributed by atoms with Gasteiger partial charge in [-0.15, -0.1) is 6.42 Å². The molecule has 0 saturated heterocycles. The Kier molecular flexibility index (Phi) is 3.86. The lowest BCUT2D eigenvalue weighted by atomic mass is 10.4. The maximum Gasteiger partial charge on any atom is 0.329 e. The van der Waals surface area contributed by atoms with Crippen molar-refractivity contribution in [3.63, 3.8) is 0 Å². The quantitative estimate of drug-likeness (QED) is 0.373. The number of urea groups is 1. The van der Waals surface area contributed by atoms with E-state index in [1.54, 1.807) is 18.3 Å². The molecule has 0 unspecified atom stereocenters. The lowest BCUT2D eigenvalue weighted by molar-refractivity contribution is 0.250. The Morgan fingerprint density at radius 2 is 2.50 bits per heavy atom. The molecule has 1 rings (SSSR count). The van der Waals surface area contributed by atoms with Crippen LogP contribution in [0.2, 0.25) is 0 Å². The van der Waals surface area contributed by atoms with E-state index in [1.165, 1.54) is 6.20 Å². The third-order valence-electron chi connectivity index (χ3n) is 1.69. The first-order valence-corrected chi connectivity index (χ1v) is 4.42. The van der Waals surface area contributed by atoms with Crippen LogP contribution < -0.4 is 16.0 Å². The van der Waals surface area contributed by atoms with Crippen LogP contribution >= 0.6 is 0 Å². The number of hydrogen-bond acceptors (Lipinski definition) is 3. The van der Waals surface area contributed by atoms with Crippen molar-refractivity contribution < 1.29 is 4.79 Å². The highest BCUT2D eigenvalue weighted by Gasteiger charge is 2.17. The van der Waals surface area contributed by atoms with E-state index < -0.39 is 12.0 Å². The SMILES string of the molecule is C#CCNC(=O)N(C(=N)N)c1cccnc1. The number of guanidine groups is 1. The smallest absolute Gasteiger partial charge is 0.329 e. The number of amides is 2. The van der Waals surface area contributed by atoms with Gasteiger partial charge in [0.05, 0.1) is 18.4 Å². The summed E-state index contributed by atoms with van der Waals surface area (Å²) in [7, 11) is 0. The van der Waals surface area contributed by atoms with Gasteiger partial charge in [-0.2, -0.15) is 0 Å². The fraction of sp³-hybridized carbons (Fsp3) is 0.100. The van der Waals surface area contributed by atoms with Crippen LogP contribution in [0.15, 0.2) is 24.5 Å². The van der Waals surface area contributed by atoms with Crippen molar-refractivity contribution in [2.75, 3.05) is 11.4 Å². The fourth-order valence-electron chi connectivity index (χ4n) is 1.06. The summed E-state index contributed by atoms with van der Waals surface area (Å²) in [6.45, 7) is 0.0723. The minimum atomic E-state index is -0.557. The molecule has 0 radical (unpaired) electrons. The summed E-state index contributed by atoms with van der Waals surface area (Å²) in [5.41, 5.74) is 5.72. The molecule has 0 aromatic carbocycles. The predicted octanol–water partition coefficient (Wildman–Crippen LogP) is 0.124. The lowest BCUT2D eigenvalue weighted by Gasteiger charge is -2.19. The topological polar surface area (TPSA) is 95.1 Å². The number of nitrogens with two attached hydrogens (primary N) is 1. The first-order valence-electron chi connectivity index (χ1n) is 4.42. The van der Waals surface area contributed by atoms with Crippen molar-refractivity contribution in [3.05, 3.63) is 24.5 Å². The Morgan fingerprint density at radius 1 is 1.75 bits per heavy atom. The second-order valence-electron chi connectivity index (χ2n) is 2.79. The van der Waals surface area contributed by atoms with Gasteiger partial charge in [-0.3, -0.25) is 10.4 Å².